The minimum absolute atomic E-state index is 0.159. The molecular formula is C67H106N22O17. The number of nitrogens with one attached hydrogen (secondary N) is 18. The third-order valence-electron chi connectivity index (χ3n) is 16.6. The number of carbonyl (C=O) groups excluding carboxylic acids is 17. The number of rotatable bonds is 44. The Morgan fingerprint density at radius 1 is 0.349 bits per heavy atom. The van der Waals surface area contributed by atoms with Crippen molar-refractivity contribution in [1.29, 1.82) is 0 Å². The summed E-state index contributed by atoms with van der Waals surface area (Å²) in [6, 6.07) is -13.0. The van der Waals surface area contributed by atoms with Crippen LogP contribution in [-0.2, 0) is 94.3 Å². The molecule has 0 bridgehead atoms. The third-order valence-corrected chi connectivity index (χ3v) is 16.6. The van der Waals surface area contributed by atoms with Gasteiger partial charge in [0.2, 0.25) is 100 Å². The number of hydrogen-bond donors (Lipinski definition) is 21. The Labute approximate surface area is 613 Å². The van der Waals surface area contributed by atoms with Gasteiger partial charge in [-0.15, -0.1) is 0 Å². The number of aromatic nitrogens is 3. The molecule has 39 nitrogen and oxygen atoms in total. The number of imidazole rings is 1. The average molecular weight is 1490 g/mol. The molecule has 17 amide bonds. The topological polar surface area (TPSA) is 605 Å². The first-order chi connectivity index (χ1) is 49.8. The highest BCUT2D eigenvalue weighted by atomic mass is 16.2. The lowest BCUT2D eigenvalue weighted by Crippen LogP contribution is -2.60. The number of hydrogen-bond acceptors (Lipinski definition) is 20. The first-order valence-electron chi connectivity index (χ1n) is 34.8. The lowest BCUT2D eigenvalue weighted by atomic mass is 10.0. The molecule has 106 heavy (non-hydrogen) atoms. The van der Waals surface area contributed by atoms with Crippen molar-refractivity contribution in [2.24, 2.45) is 17.2 Å². The van der Waals surface area contributed by atoms with Gasteiger partial charge in [0.05, 0.1) is 6.33 Å². The maximum absolute atomic E-state index is 14.3. The van der Waals surface area contributed by atoms with Crippen molar-refractivity contribution in [1.82, 2.24) is 100 Å². The van der Waals surface area contributed by atoms with Gasteiger partial charge in [0.25, 0.3) is 0 Å². The van der Waals surface area contributed by atoms with Crippen LogP contribution in [0.15, 0.2) is 43.0 Å². The Hall–Kier alpha value is -11.1. The fraction of sp³-hybridized carbons (Fsp3) is 0.582. The molecule has 0 spiro atoms. The van der Waals surface area contributed by atoms with E-state index < -0.39 is 197 Å². The standard InChI is InChI=1S/C67H106N22O17/c1-31(75-56(95)34(4)79-60(99)38(8)83-65(104)49(86-43(13)90)23-17-19-25-69)53(92)74-32(2)55(94)78-37(7)59(98)82-41(11)63(102)88-50(26-44-28-72-47-21-15-14-20-46(44)47)66(105)85-42(12)64(103)89-51(27-45-29-71-30-73-45)67(106)84-39(9)61(100)80-35(5)57(96)76-33(3)54(93)77-36(6)58(97)81-40(10)62(101)87-48(52(70)91)22-16-18-24-68/h14-15,20-21,28-42,48-51,72H,16-19,22-27,68-69H2,1-13H3,(H2,70,91)(H,71,73)(H,74,92)(H,75,95)(H,76,96)(H,77,93)(H,78,94)(H,79,99)(H,80,100)(H,81,97)(H,82,98)(H,83,104)(H,84,106)(H,85,105)(H,86,90)(H,87,101)(H,88,102)(H,89,103)/t31-,32-,33-,34-,35-,36-,37-,38-,39-,40-,41-,42-,48-,49-,50-,51-/m0/s1. The van der Waals surface area contributed by atoms with Gasteiger partial charge >= 0.3 is 0 Å². The Bertz CT molecular complexity index is 3590. The van der Waals surface area contributed by atoms with Gasteiger partial charge in [0.15, 0.2) is 0 Å². The van der Waals surface area contributed by atoms with E-state index in [9.17, 15) is 81.5 Å². The fourth-order valence-corrected chi connectivity index (χ4v) is 10.0. The van der Waals surface area contributed by atoms with Crippen molar-refractivity contribution < 1.29 is 81.5 Å². The second-order valence-electron chi connectivity index (χ2n) is 26.0. The molecule has 0 fully saturated rings. The van der Waals surface area contributed by atoms with Crippen molar-refractivity contribution in [3.8, 4) is 0 Å². The molecule has 1 aromatic carbocycles. The van der Waals surface area contributed by atoms with E-state index in [4.69, 9.17) is 17.2 Å². The van der Waals surface area contributed by atoms with E-state index in [1.807, 2.05) is 0 Å². The van der Waals surface area contributed by atoms with E-state index in [0.29, 0.717) is 60.9 Å². The number of amides is 17. The predicted octanol–water partition coefficient (Wildman–Crippen LogP) is -6.56. The van der Waals surface area contributed by atoms with Crippen LogP contribution < -0.4 is 102 Å². The number of carbonyl (C=O) groups is 17. The molecule has 0 unspecified atom stereocenters. The number of benzene rings is 1. The molecule has 24 N–H and O–H groups in total. The van der Waals surface area contributed by atoms with Gasteiger partial charge in [-0.3, -0.25) is 81.5 Å². The summed E-state index contributed by atoms with van der Waals surface area (Å²) in [6.45, 7) is 17.8. The average Bonchev–Trinajstić information content (AvgIpc) is 1.60. The molecule has 2 aromatic heterocycles. The van der Waals surface area contributed by atoms with Gasteiger partial charge in [-0.05, 0) is 146 Å². The summed E-state index contributed by atoms with van der Waals surface area (Å²) in [5.74, 6) is -13.5. The molecule has 0 saturated carbocycles. The summed E-state index contributed by atoms with van der Waals surface area (Å²) in [6.07, 6.45) is 6.71. The minimum Gasteiger partial charge on any atom is -0.368 e. The van der Waals surface area contributed by atoms with Crippen LogP contribution in [0.3, 0.4) is 0 Å². The van der Waals surface area contributed by atoms with E-state index in [1.165, 1.54) is 103 Å². The van der Waals surface area contributed by atoms with Crippen molar-refractivity contribution in [2.45, 2.75) is 238 Å². The number of nitrogens with zero attached hydrogens (tertiary/aromatic N) is 1. The molecule has 2 heterocycles. The summed E-state index contributed by atoms with van der Waals surface area (Å²) in [5.41, 5.74) is 18.1. The monoisotopic (exact) mass is 1490 g/mol. The largest absolute Gasteiger partial charge is 0.368 e. The molecule has 3 aromatic rings. The number of nitrogens with two attached hydrogens (primary N) is 3. The molecule has 0 aliphatic carbocycles. The first-order valence-corrected chi connectivity index (χ1v) is 34.8. The van der Waals surface area contributed by atoms with Gasteiger partial charge in [-0.2, -0.15) is 0 Å². The van der Waals surface area contributed by atoms with Crippen LogP contribution in [0.2, 0.25) is 0 Å². The first kappa shape index (κ1) is 89.1. The minimum atomic E-state index is -1.43. The van der Waals surface area contributed by atoms with E-state index in [-0.39, 0.29) is 25.7 Å². The Balaban J connectivity index is 1.61. The second-order valence-corrected chi connectivity index (χ2v) is 26.0. The highest BCUT2D eigenvalue weighted by molar-refractivity contribution is 6.01. The smallest absolute Gasteiger partial charge is 0.243 e. The van der Waals surface area contributed by atoms with Gasteiger partial charge in [0.1, 0.15) is 96.7 Å². The molecule has 586 valence electrons. The number of aromatic amines is 2. The summed E-state index contributed by atoms with van der Waals surface area (Å²) >= 11 is 0. The van der Waals surface area contributed by atoms with Crippen LogP contribution >= 0.6 is 0 Å². The maximum Gasteiger partial charge on any atom is 0.243 e. The number of para-hydroxylation sites is 1. The van der Waals surface area contributed by atoms with E-state index in [1.54, 1.807) is 30.5 Å². The summed E-state index contributed by atoms with van der Waals surface area (Å²) in [7, 11) is 0. The lowest BCUT2D eigenvalue weighted by Gasteiger charge is -2.26. The van der Waals surface area contributed by atoms with Gasteiger partial charge < -0.3 is 112 Å². The zero-order valence-corrected chi connectivity index (χ0v) is 62.0. The maximum atomic E-state index is 14.3. The Kier molecular flexibility index (Phi) is 36.9. The molecule has 39 heteroatoms. The van der Waals surface area contributed by atoms with E-state index in [0.717, 1.165) is 0 Å². The highest BCUT2D eigenvalue weighted by Gasteiger charge is 2.35. The zero-order valence-electron chi connectivity index (χ0n) is 62.0. The number of fused-ring (bicyclic) bond motifs is 1. The molecule has 16 atom stereocenters. The third kappa shape index (κ3) is 29.9. The highest BCUT2D eigenvalue weighted by Crippen LogP contribution is 2.20. The summed E-state index contributed by atoms with van der Waals surface area (Å²) in [5, 5.41) is 40.4. The van der Waals surface area contributed by atoms with Crippen molar-refractivity contribution in [3.05, 3.63) is 54.2 Å². The zero-order chi connectivity index (χ0) is 79.8. The second kappa shape index (κ2) is 43.9. The number of H-pyrrole nitrogens is 2. The molecule has 0 radical (unpaired) electrons. The predicted molar refractivity (Wildman–Crippen MR) is 384 cm³/mol. The van der Waals surface area contributed by atoms with E-state index in [2.05, 4.69) is 100 Å². The van der Waals surface area contributed by atoms with Crippen LogP contribution in [0.4, 0.5) is 0 Å². The van der Waals surface area contributed by atoms with Crippen LogP contribution in [0.1, 0.15) is 140 Å². The van der Waals surface area contributed by atoms with Crippen LogP contribution in [0, 0.1) is 0 Å². The molecule has 3 rings (SSSR count). The van der Waals surface area contributed by atoms with Crippen LogP contribution in [0.5, 0.6) is 0 Å². The van der Waals surface area contributed by atoms with Crippen LogP contribution in [-0.4, -0.2) is 225 Å². The number of unbranched alkanes of at least 4 members (excludes halogenated alkanes) is 2. The number of primary amides is 1. The quantitative estimate of drug-likeness (QED) is 0.0234. The lowest BCUT2D eigenvalue weighted by molar-refractivity contribution is -0.135. The van der Waals surface area contributed by atoms with Gasteiger partial charge in [-0.1, -0.05) is 18.2 Å². The fourth-order valence-electron chi connectivity index (χ4n) is 10.0. The molecule has 0 aliphatic heterocycles. The van der Waals surface area contributed by atoms with Crippen molar-refractivity contribution >= 4 is 111 Å². The van der Waals surface area contributed by atoms with Gasteiger partial charge in [0, 0.05) is 48.8 Å². The summed E-state index contributed by atoms with van der Waals surface area (Å²) in [4.78, 5) is 234. The van der Waals surface area contributed by atoms with Gasteiger partial charge in [-0.25, -0.2) is 4.98 Å². The van der Waals surface area contributed by atoms with Crippen molar-refractivity contribution in [2.75, 3.05) is 13.1 Å². The summed E-state index contributed by atoms with van der Waals surface area (Å²) < 4.78 is 0. The molecule has 0 saturated heterocycles. The normalized spacial score (nSPS) is 15.6. The molecule has 0 aliphatic rings. The Morgan fingerprint density at radius 2 is 0.632 bits per heavy atom. The van der Waals surface area contributed by atoms with E-state index >= 15 is 0 Å². The van der Waals surface area contributed by atoms with Crippen LogP contribution in [0.25, 0.3) is 10.9 Å². The van der Waals surface area contributed by atoms with Crippen molar-refractivity contribution in [3.63, 3.8) is 0 Å². The molecular weight excluding hydrogens is 1380 g/mol. The Morgan fingerprint density at radius 3 is 0.934 bits per heavy atom. The SMILES string of the molecule is CC(=O)N[C@@H](CCCCN)C(=O)N[C@@H](C)C(=O)N[C@@H](C)C(=O)N[C@@H](C)C(=O)N[C@@H](C)C(=O)N[C@@H](C)C(=O)N[C@@H](C)C(=O)N[C@@H](Cc1c[nH]c2ccccc12)C(=O)N[C@@H](C)C(=O)N[C@@H](Cc1cnc[nH]1)C(=O)N[C@@H](C)C(=O)N[C@@H](C)C(=O)N[C@@H](C)C(=O)N[C@@H](C)C(=O)N[C@@H](C)C(=O)N[C@@H](CCCCN)C(N)=O.